The van der Waals surface area contributed by atoms with Crippen LogP contribution in [0.2, 0.25) is 0 Å². The van der Waals surface area contributed by atoms with Crippen molar-refractivity contribution in [3.8, 4) is 5.75 Å². The molecule has 0 fully saturated rings. The number of hydrogen-bond acceptors (Lipinski definition) is 5. The van der Waals surface area contributed by atoms with Crippen LogP contribution in [0.5, 0.6) is 5.75 Å². The van der Waals surface area contributed by atoms with Crippen molar-refractivity contribution in [2.45, 2.75) is 51.7 Å². The molecule has 3 rings (SSSR count). The maximum absolute atomic E-state index is 11.4. The number of anilines is 1. The molecule has 1 aliphatic rings. The van der Waals surface area contributed by atoms with Crippen LogP contribution in [0, 0.1) is 0 Å². The van der Waals surface area contributed by atoms with Crippen molar-refractivity contribution < 1.29 is 24.5 Å². The molecule has 0 aliphatic carbocycles. The minimum absolute atomic E-state index is 0.0306. The van der Waals surface area contributed by atoms with Gasteiger partial charge in [-0.3, -0.25) is 9.59 Å². The van der Waals surface area contributed by atoms with Crippen LogP contribution < -0.4 is 15.4 Å². The van der Waals surface area contributed by atoms with Crippen molar-refractivity contribution in [1.29, 1.82) is 0 Å². The fourth-order valence-electron chi connectivity index (χ4n) is 2.97. The molecule has 31 heavy (non-hydrogen) atoms. The molecule has 0 radical (unpaired) electrons. The summed E-state index contributed by atoms with van der Waals surface area (Å²) in [5.74, 6) is -0.0115. The van der Waals surface area contributed by atoms with Crippen LogP contribution in [0.4, 0.5) is 5.69 Å². The molecular formula is C24H32N2O5. The molecule has 1 amide bonds. The van der Waals surface area contributed by atoms with Crippen LogP contribution >= 0.6 is 0 Å². The summed E-state index contributed by atoms with van der Waals surface area (Å²) in [4.78, 5) is 21.6. The first kappa shape index (κ1) is 24.4. The molecule has 0 bridgehead atoms. The van der Waals surface area contributed by atoms with Crippen LogP contribution in [-0.2, 0) is 22.4 Å². The average molecular weight is 429 g/mol. The minimum atomic E-state index is -0.786. The van der Waals surface area contributed by atoms with Gasteiger partial charge in [-0.05, 0) is 44.9 Å². The zero-order valence-electron chi connectivity index (χ0n) is 18.4. The Morgan fingerprint density at radius 2 is 1.84 bits per heavy atom. The topological polar surface area (TPSA) is 108 Å². The first-order chi connectivity index (χ1) is 14.6. The SMILES string of the molecule is CC(C)(C)NCC(O)COc1cccc2c1CCC(=O)N2.O=C(O)Cc1ccccc1. The molecule has 7 nitrogen and oxygen atoms in total. The Hall–Kier alpha value is -2.90. The summed E-state index contributed by atoms with van der Waals surface area (Å²) in [5.41, 5.74) is 2.63. The molecule has 1 heterocycles. The lowest BCUT2D eigenvalue weighted by Gasteiger charge is -2.24. The third kappa shape index (κ3) is 9.19. The molecular weight excluding hydrogens is 396 g/mol. The van der Waals surface area contributed by atoms with Gasteiger partial charge in [-0.2, -0.15) is 0 Å². The van der Waals surface area contributed by atoms with Gasteiger partial charge in [0.1, 0.15) is 18.5 Å². The van der Waals surface area contributed by atoms with Gasteiger partial charge in [-0.25, -0.2) is 0 Å². The standard InChI is InChI=1S/C16H24N2O3.C8H8O2/c1-16(2,3)17-9-11(19)10-21-14-6-4-5-13-12(14)7-8-15(20)18-13;9-8(10)6-7-4-2-1-3-5-7/h4-6,11,17,19H,7-10H2,1-3H3,(H,18,20);1-5H,6H2,(H,9,10). The van der Waals surface area contributed by atoms with Gasteiger partial charge in [0.2, 0.25) is 5.91 Å². The lowest BCUT2D eigenvalue weighted by Crippen LogP contribution is -2.42. The minimum Gasteiger partial charge on any atom is -0.490 e. The lowest BCUT2D eigenvalue weighted by molar-refractivity contribution is -0.136. The highest BCUT2D eigenvalue weighted by Gasteiger charge is 2.19. The van der Waals surface area contributed by atoms with Gasteiger partial charge in [-0.15, -0.1) is 0 Å². The van der Waals surface area contributed by atoms with E-state index in [0.29, 0.717) is 19.4 Å². The van der Waals surface area contributed by atoms with Gasteiger partial charge in [0, 0.05) is 29.8 Å². The zero-order chi connectivity index (χ0) is 22.9. The molecule has 4 N–H and O–H groups in total. The molecule has 0 aromatic heterocycles. The Morgan fingerprint density at radius 1 is 1.13 bits per heavy atom. The van der Waals surface area contributed by atoms with Crippen molar-refractivity contribution in [3.63, 3.8) is 0 Å². The van der Waals surface area contributed by atoms with Crippen molar-refractivity contribution in [2.24, 2.45) is 0 Å². The Kier molecular flexibility index (Phi) is 9.03. The summed E-state index contributed by atoms with van der Waals surface area (Å²) in [6.07, 6.45) is 0.689. The zero-order valence-corrected chi connectivity index (χ0v) is 18.4. The summed E-state index contributed by atoms with van der Waals surface area (Å²) >= 11 is 0. The third-order valence-corrected chi connectivity index (χ3v) is 4.51. The van der Waals surface area contributed by atoms with Gasteiger partial charge in [0.15, 0.2) is 0 Å². The molecule has 7 heteroatoms. The van der Waals surface area contributed by atoms with Crippen LogP contribution in [-0.4, -0.2) is 46.9 Å². The van der Waals surface area contributed by atoms with Crippen molar-refractivity contribution in [3.05, 3.63) is 59.7 Å². The quantitative estimate of drug-likeness (QED) is 0.540. The number of hydrogen-bond donors (Lipinski definition) is 4. The van der Waals surface area contributed by atoms with Gasteiger partial charge in [-0.1, -0.05) is 36.4 Å². The van der Waals surface area contributed by atoms with Crippen LogP contribution in [0.3, 0.4) is 0 Å². The first-order valence-corrected chi connectivity index (χ1v) is 10.4. The van der Waals surface area contributed by atoms with Gasteiger partial charge in [0.25, 0.3) is 0 Å². The molecule has 0 saturated heterocycles. The second-order valence-corrected chi connectivity index (χ2v) is 8.48. The lowest BCUT2D eigenvalue weighted by atomic mass is 10.0. The maximum Gasteiger partial charge on any atom is 0.307 e. The number of carbonyl (C=O) groups excluding carboxylic acids is 1. The first-order valence-electron chi connectivity index (χ1n) is 10.4. The second-order valence-electron chi connectivity index (χ2n) is 8.48. The maximum atomic E-state index is 11.4. The number of β-amino-alcohol motifs (C(OH)–C–C–N with tert-alkyl or cyclic N) is 1. The van der Waals surface area contributed by atoms with Crippen LogP contribution in [0.15, 0.2) is 48.5 Å². The molecule has 1 unspecified atom stereocenters. The predicted octanol–water partition coefficient (Wildman–Crippen LogP) is 3.01. The van der Waals surface area contributed by atoms with E-state index >= 15 is 0 Å². The summed E-state index contributed by atoms with van der Waals surface area (Å²) in [6, 6.07) is 14.7. The number of aliphatic carboxylic acids is 1. The van der Waals surface area contributed by atoms with E-state index in [2.05, 4.69) is 31.4 Å². The highest BCUT2D eigenvalue weighted by molar-refractivity contribution is 5.94. The molecule has 1 aliphatic heterocycles. The molecule has 0 saturated carbocycles. The number of carboxylic acid groups (broad SMARTS) is 1. The Bertz CT molecular complexity index is 862. The second kappa shape index (κ2) is 11.5. The number of carbonyl (C=O) groups is 2. The summed E-state index contributed by atoms with van der Waals surface area (Å²) in [7, 11) is 0. The van der Waals surface area contributed by atoms with Gasteiger partial charge in [0.05, 0.1) is 6.42 Å². The fraction of sp³-hybridized carbons (Fsp3) is 0.417. The third-order valence-electron chi connectivity index (χ3n) is 4.51. The molecule has 1 atom stereocenters. The number of aliphatic hydroxyl groups excluding tert-OH is 1. The smallest absolute Gasteiger partial charge is 0.307 e. The molecule has 168 valence electrons. The van der Waals surface area contributed by atoms with Gasteiger partial charge >= 0.3 is 5.97 Å². The molecule has 0 spiro atoms. The van der Waals surface area contributed by atoms with Crippen LogP contribution in [0.25, 0.3) is 0 Å². The Labute approximate surface area is 183 Å². The monoisotopic (exact) mass is 428 g/mol. The average Bonchev–Trinajstić information content (AvgIpc) is 2.70. The van der Waals surface area contributed by atoms with E-state index in [1.165, 1.54) is 0 Å². The van der Waals surface area contributed by atoms with E-state index in [9.17, 15) is 14.7 Å². The highest BCUT2D eigenvalue weighted by Crippen LogP contribution is 2.31. The number of nitrogens with one attached hydrogen (secondary N) is 2. The number of carboxylic acids is 1. The van der Waals surface area contributed by atoms with E-state index in [1.807, 2.05) is 36.4 Å². The summed E-state index contributed by atoms with van der Waals surface area (Å²) in [5, 5.41) is 24.4. The normalized spacial score (nSPS) is 13.9. The van der Waals surface area contributed by atoms with E-state index in [1.54, 1.807) is 12.1 Å². The van der Waals surface area contributed by atoms with Crippen LogP contribution in [0.1, 0.15) is 38.3 Å². The predicted molar refractivity (Wildman–Crippen MR) is 120 cm³/mol. The number of amides is 1. The number of benzene rings is 2. The number of ether oxygens (including phenoxy) is 1. The van der Waals surface area contributed by atoms with E-state index in [4.69, 9.17) is 9.84 Å². The highest BCUT2D eigenvalue weighted by atomic mass is 16.5. The fourth-order valence-corrected chi connectivity index (χ4v) is 2.97. The Balaban J connectivity index is 0.000000285. The van der Waals surface area contributed by atoms with Crippen molar-refractivity contribution in [2.75, 3.05) is 18.5 Å². The molecule has 2 aromatic rings. The van der Waals surface area contributed by atoms with E-state index in [0.717, 1.165) is 22.6 Å². The largest absolute Gasteiger partial charge is 0.490 e. The number of rotatable bonds is 7. The number of aliphatic hydroxyl groups is 1. The van der Waals surface area contributed by atoms with Crippen molar-refractivity contribution in [1.82, 2.24) is 5.32 Å². The Morgan fingerprint density at radius 3 is 2.48 bits per heavy atom. The molecule has 2 aromatic carbocycles. The van der Waals surface area contributed by atoms with Crippen molar-refractivity contribution >= 4 is 17.6 Å². The van der Waals surface area contributed by atoms with Gasteiger partial charge < -0.3 is 25.6 Å². The van der Waals surface area contributed by atoms with E-state index in [-0.39, 0.29) is 24.5 Å². The summed E-state index contributed by atoms with van der Waals surface area (Å²) < 4.78 is 5.73. The summed E-state index contributed by atoms with van der Waals surface area (Å²) in [6.45, 7) is 6.87. The van der Waals surface area contributed by atoms with E-state index < -0.39 is 12.1 Å². The number of fused-ring (bicyclic) bond motifs is 1.